The summed E-state index contributed by atoms with van der Waals surface area (Å²) in [7, 11) is 0. The quantitative estimate of drug-likeness (QED) is 0.493. The first-order valence-corrected chi connectivity index (χ1v) is 3.75. The van der Waals surface area contributed by atoms with Gasteiger partial charge < -0.3 is 20.1 Å². The predicted molar refractivity (Wildman–Crippen MR) is 38.6 cm³/mol. The molecule has 0 aromatic rings. The van der Waals surface area contributed by atoms with E-state index in [1.54, 1.807) is 6.92 Å². The van der Waals surface area contributed by atoms with Gasteiger partial charge in [-0.15, -0.1) is 0 Å². The summed E-state index contributed by atoms with van der Waals surface area (Å²) in [5.74, 6) is -1.57. The number of aliphatic hydroxyl groups is 2. The van der Waals surface area contributed by atoms with E-state index in [2.05, 4.69) is 0 Å². The van der Waals surface area contributed by atoms with E-state index in [-0.39, 0.29) is 6.61 Å². The molecule has 5 nitrogen and oxygen atoms in total. The van der Waals surface area contributed by atoms with Crippen molar-refractivity contribution >= 4 is 5.97 Å². The van der Waals surface area contributed by atoms with Gasteiger partial charge in [0.25, 0.3) is 0 Å². The van der Waals surface area contributed by atoms with Gasteiger partial charge in [0.1, 0.15) is 6.10 Å². The predicted octanol–water partition coefficient (Wildman–Crippen LogP) is -1.17. The molecule has 3 N–H and O–H groups in total. The Morgan fingerprint density at radius 3 is 2.42 bits per heavy atom. The number of carboxylic acids is 1. The highest BCUT2D eigenvalue weighted by atomic mass is 16.6. The van der Waals surface area contributed by atoms with Gasteiger partial charge in [-0.25, -0.2) is 4.79 Å². The highest BCUT2D eigenvalue weighted by Gasteiger charge is 2.44. The van der Waals surface area contributed by atoms with E-state index in [1.165, 1.54) is 0 Å². The highest BCUT2D eigenvalue weighted by molar-refractivity contribution is 5.73. The van der Waals surface area contributed by atoms with E-state index < -0.39 is 30.2 Å². The van der Waals surface area contributed by atoms with E-state index in [0.29, 0.717) is 0 Å². The maximum Gasteiger partial charge on any atom is 0.333 e. The van der Waals surface area contributed by atoms with Gasteiger partial charge in [0.05, 0.1) is 12.7 Å². The van der Waals surface area contributed by atoms with Crippen LogP contribution in [0.1, 0.15) is 6.92 Å². The minimum Gasteiger partial charge on any atom is -0.479 e. The molecule has 5 heteroatoms. The number of rotatable bonds is 2. The lowest BCUT2D eigenvalue weighted by atomic mass is 9.99. The van der Waals surface area contributed by atoms with Crippen LogP contribution in [0.25, 0.3) is 0 Å². The molecule has 0 aromatic carbocycles. The van der Waals surface area contributed by atoms with E-state index in [4.69, 9.17) is 14.9 Å². The van der Waals surface area contributed by atoms with Crippen LogP contribution in [0.4, 0.5) is 0 Å². The van der Waals surface area contributed by atoms with Crippen molar-refractivity contribution < 1.29 is 24.9 Å². The Bertz CT molecular complexity index is 181. The van der Waals surface area contributed by atoms with Crippen molar-refractivity contribution in [1.82, 2.24) is 0 Å². The third-order valence-corrected chi connectivity index (χ3v) is 2.14. The van der Waals surface area contributed by atoms with Crippen LogP contribution in [0.3, 0.4) is 0 Å². The van der Waals surface area contributed by atoms with Crippen molar-refractivity contribution in [2.24, 2.45) is 5.92 Å². The highest BCUT2D eigenvalue weighted by Crippen LogP contribution is 2.26. The lowest BCUT2D eigenvalue weighted by Crippen LogP contribution is -2.29. The van der Waals surface area contributed by atoms with Crippen molar-refractivity contribution in [3.8, 4) is 0 Å². The number of ether oxygens (including phenoxy) is 1. The van der Waals surface area contributed by atoms with Gasteiger partial charge >= 0.3 is 5.97 Å². The molecular weight excluding hydrogens is 164 g/mol. The summed E-state index contributed by atoms with van der Waals surface area (Å²) in [6, 6.07) is 0. The molecule has 12 heavy (non-hydrogen) atoms. The maximum atomic E-state index is 10.5. The molecule has 0 spiro atoms. The van der Waals surface area contributed by atoms with Crippen LogP contribution in [-0.4, -0.2) is 46.2 Å². The molecule has 1 fully saturated rings. The molecule has 0 amide bonds. The minimum atomic E-state index is -1.10. The second-order valence-corrected chi connectivity index (χ2v) is 2.97. The van der Waals surface area contributed by atoms with Crippen LogP contribution in [0.15, 0.2) is 0 Å². The van der Waals surface area contributed by atoms with Crippen molar-refractivity contribution in [1.29, 1.82) is 0 Å². The summed E-state index contributed by atoms with van der Waals surface area (Å²) in [5, 5.41) is 26.6. The van der Waals surface area contributed by atoms with E-state index in [9.17, 15) is 9.90 Å². The first kappa shape index (κ1) is 9.44. The Morgan fingerprint density at radius 1 is 1.58 bits per heavy atom. The number of carboxylic acid groups (broad SMARTS) is 1. The first-order valence-electron chi connectivity index (χ1n) is 3.75. The van der Waals surface area contributed by atoms with Crippen molar-refractivity contribution in [2.45, 2.75) is 25.2 Å². The summed E-state index contributed by atoms with van der Waals surface area (Å²) in [5.41, 5.74) is 0. The Morgan fingerprint density at radius 2 is 2.17 bits per heavy atom. The smallest absolute Gasteiger partial charge is 0.333 e. The number of carbonyl (C=O) groups is 1. The van der Waals surface area contributed by atoms with Crippen LogP contribution < -0.4 is 0 Å². The van der Waals surface area contributed by atoms with E-state index >= 15 is 0 Å². The molecule has 1 heterocycles. The van der Waals surface area contributed by atoms with Gasteiger partial charge in [-0.1, -0.05) is 6.92 Å². The van der Waals surface area contributed by atoms with Gasteiger partial charge in [-0.3, -0.25) is 0 Å². The fraction of sp³-hybridized carbons (Fsp3) is 0.857. The zero-order chi connectivity index (χ0) is 9.30. The van der Waals surface area contributed by atoms with Gasteiger partial charge in [0.15, 0.2) is 6.10 Å². The van der Waals surface area contributed by atoms with Crippen LogP contribution in [0.5, 0.6) is 0 Å². The average Bonchev–Trinajstić information content (AvgIpc) is 2.30. The number of hydrogen-bond acceptors (Lipinski definition) is 4. The Hall–Kier alpha value is -0.650. The molecule has 1 rings (SSSR count). The van der Waals surface area contributed by atoms with E-state index in [0.717, 1.165) is 0 Å². The molecule has 0 bridgehead atoms. The summed E-state index contributed by atoms with van der Waals surface area (Å²) in [4.78, 5) is 10.5. The molecule has 70 valence electrons. The number of hydrogen-bond donors (Lipinski definition) is 3. The topological polar surface area (TPSA) is 87.0 Å². The molecule has 1 aliphatic rings. The van der Waals surface area contributed by atoms with Crippen LogP contribution in [0, 0.1) is 5.92 Å². The molecule has 0 saturated carbocycles. The molecule has 0 aliphatic carbocycles. The van der Waals surface area contributed by atoms with Crippen LogP contribution in [-0.2, 0) is 9.53 Å². The van der Waals surface area contributed by atoms with Crippen molar-refractivity contribution in [3.63, 3.8) is 0 Å². The molecule has 0 aromatic heterocycles. The average molecular weight is 176 g/mol. The van der Waals surface area contributed by atoms with Gasteiger partial charge in [0, 0.05) is 5.92 Å². The molecule has 1 saturated heterocycles. The lowest BCUT2D eigenvalue weighted by molar-refractivity contribution is -0.151. The zero-order valence-electron chi connectivity index (χ0n) is 6.67. The normalized spacial score (nSPS) is 41.6. The fourth-order valence-electron chi connectivity index (χ4n) is 1.34. The second kappa shape index (κ2) is 3.38. The van der Waals surface area contributed by atoms with Crippen LogP contribution in [0.2, 0.25) is 0 Å². The third-order valence-electron chi connectivity index (χ3n) is 2.14. The maximum absolute atomic E-state index is 10.5. The Balaban J connectivity index is 2.66. The lowest BCUT2D eigenvalue weighted by Gasteiger charge is -2.11. The molecular formula is C7H12O5. The molecule has 1 aliphatic heterocycles. The van der Waals surface area contributed by atoms with E-state index in [1.807, 2.05) is 0 Å². The number of aliphatic carboxylic acids is 1. The molecule has 1 unspecified atom stereocenters. The van der Waals surface area contributed by atoms with Gasteiger partial charge in [-0.05, 0) is 0 Å². The Labute approximate surface area is 69.6 Å². The fourth-order valence-corrected chi connectivity index (χ4v) is 1.34. The summed E-state index contributed by atoms with van der Waals surface area (Å²) < 4.78 is 4.90. The Kier molecular flexibility index (Phi) is 2.66. The summed E-state index contributed by atoms with van der Waals surface area (Å²) >= 11 is 0. The third kappa shape index (κ3) is 1.43. The summed E-state index contributed by atoms with van der Waals surface area (Å²) in [6.45, 7) is 1.23. The first-order chi connectivity index (χ1) is 5.57. The largest absolute Gasteiger partial charge is 0.479 e. The van der Waals surface area contributed by atoms with Crippen molar-refractivity contribution in [3.05, 3.63) is 0 Å². The zero-order valence-corrected chi connectivity index (χ0v) is 6.67. The van der Waals surface area contributed by atoms with Crippen LogP contribution >= 0.6 is 0 Å². The second-order valence-electron chi connectivity index (χ2n) is 2.97. The summed E-state index contributed by atoms with van der Waals surface area (Å²) in [6.07, 6.45) is -2.66. The van der Waals surface area contributed by atoms with Gasteiger partial charge in [-0.2, -0.15) is 0 Å². The number of aliphatic hydroxyl groups excluding tert-OH is 2. The SMILES string of the molecule is CC1[C@@H](C(=O)O)O[C@H](CO)[C@H]1O. The minimum absolute atomic E-state index is 0.352. The molecule has 4 atom stereocenters. The van der Waals surface area contributed by atoms with Gasteiger partial charge in [0.2, 0.25) is 0 Å². The molecule has 0 radical (unpaired) electrons. The standard InChI is InChI=1S/C7H12O5/c1-3-5(9)4(2-8)12-6(3)7(10)11/h3-6,8-9H,2H2,1H3,(H,10,11)/t3?,4-,5+,6+/m1/s1. The van der Waals surface area contributed by atoms with Crippen molar-refractivity contribution in [2.75, 3.05) is 6.61 Å². The monoisotopic (exact) mass is 176 g/mol.